The molecule has 4 nitrogen and oxygen atoms in total. The van der Waals surface area contributed by atoms with Crippen molar-refractivity contribution in [3.05, 3.63) is 24.5 Å². The average Bonchev–Trinajstić information content (AvgIpc) is 2.27. The molecule has 1 saturated carbocycles. The molecule has 1 aromatic rings. The maximum atomic E-state index is 12.0. The Bertz CT molecular complexity index is 373. The highest BCUT2D eigenvalue weighted by Gasteiger charge is 2.35. The van der Waals surface area contributed by atoms with Crippen LogP contribution in [0.4, 0.5) is 5.69 Å². The summed E-state index contributed by atoms with van der Waals surface area (Å²) in [7, 11) is 1.78. The van der Waals surface area contributed by atoms with Crippen LogP contribution in [-0.4, -0.2) is 23.5 Å². The number of hydrogen-bond donors (Lipinski definition) is 1. The van der Waals surface area contributed by atoms with Gasteiger partial charge in [0.05, 0.1) is 0 Å². The molecule has 0 aliphatic heterocycles. The van der Waals surface area contributed by atoms with E-state index in [0.29, 0.717) is 6.42 Å². The van der Waals surface area contributed by atoms with Gasteiger partial charge in [-0.05, 0) is 31.4 Å². The number of pyridine rings is 1. The highest BCUT2D eigenvalue weighted by atomic mass is 16.2. The van der Waals surface area contributed by atoms with Gasteiger partial charge in [-0.15, -0.1) is 0 Å². The highest BCUT2D eigenvalue weighted by molar-refractivity contribution is 5.93. The largest absolute Gasteiger partial charge is 0.325 e. The second kappa shape index (κ2) is 4.22. The summed E-state index contributed by atoms with van der Waals surface area (Å²) in [6, 6.07) is 3.64. The first kappa shape index (κ1) is 11.1. The minimum atomic E-state index is -0.252. The SMILES string of the molecule is CN(C(=O)CC1(N)CCC1)c1ccncc1. The van der Waals surface area contributed by atoms with E-state index >= 15 is 0 Å². The molecular formula is C12H17N3O. The topological polar surface area (TPSA) is 59.2 Å². The van der Waals surface area contributed by atoms with Crippen molar-refractivity contribution in [3.8, 4) is 0 Å². The van der Waals surface area contributed by atoms with Crippen LogP contribution in [0.15, 0.2) is 24.5 Å². The molecule has 1 amide bonds. The zero-order valence-electron chi connectivity index (χ0n) is 9.52. The number of rotatable bonds is 3. The fraction of sp³-hybridized carbons (Fsp3) is 0.500. The van der Waals surface area contributed by atoms with Crippen molar-refractivity contribution >= 4 is 11.6 Å². The first-order valence-electron chi connectivity index (χ1n) is 5.56. The van der Waals surface area contributed by atoms with Crippen LogP contribution in [0.5, 0.6) is 0 Å². The summed E-state index contributed by atoms with van der Waals surface area (Å²) >= 11 is 0. The monoisotopic (exact) mass is 219 g/mol. The summed E-state index contributed by atoms with van der Waals surface area (Å²) < 4.78 is 0. The average molecular weight is 219 g/mol. The molecule has 1 aromatic heterocycles. The second-order valence-electron chi connectivity index (χ2n) is 4.55. The lowest BCUT2D eigenvalue weighted by molar-refractivity contribution is -0.120. The molecule has 0 atom stereocenters. The summed E-state index contributed by atoms with van der Waals surface area (Å²) in [4.78, 5) is 17.6. The van der Waals surface area contributed by atoms with Crippen molar-refractivity contribution in [3.63, 3.8) is 0 Å². The summed E-state index contributed by atoms with van der Waals surface area (Å²) in [6.07, 6.45) is 6.86. The van der Waals surface area contributed by atoms with Gasteiger partial charge in [0.25, 0.3) is 0 Å². The van der Waals surface area contributed by atoms with Crippen LogP contribution in [0.1, 0.15) is 25.7 Å². The highest BCUT2D eigenvalue weighted by Crippen LogP contribution is 2.32. The third-order valence-electron chi connectivity index (χ3n) is 3.28. The lowest BCUT2D eigenvalue weighted by Gasteiger charge is -2.38. The van der Waals surface area contributed by atoms with Crippen LogP contribution < -0.4 is 10.6 Å². The molecule has 0 radical (unpaired) electrons. The number of aromatic nitrogens is 1. The van der Waals surface area contributed by atoms with Crippen LogP contribution >= 0.6 is 0 Å². The van der Waals surface area contributed by atoms with E-state index < -0.39 is 0 Å². The normalized spacial score (nSPS) is 17.6. The molecule has 1 aliphatic rings. The lowest BCUT2D eigenvalue weighted by atomic mass is 9.75. The van der Waals surface area contributed by atoms with E-state index in [4.69, 9.17) is 5.73 Å². The van der Waals surface area contributed by atoms with Crippen molar-refractivity contribution in [1.82, 2.24) is 4.98 Å². The molecule has 86 valence electrons. The smallest absolute Gasteiger partial charge is 0.228 e. The quantitative estimate of drug-likeness (QED) is 0.834. The van der Waals surface area contributed by atoms with Gasteiger partial charge in [0.15, 0.2) is 0 Å². The number of nitrogens with two attached hydrogens (primary N) is 1. The number of carbonyl (C=O) groups excluding carboxylic acids is 1. The molecule has 0 aromatic carbocycles. The number of carbonyl (C=O) groups is 1. The van der Waals surface area contributed by atoms with Gasteiger partial charge in [-0.25, -0.2) is 0 Å². The molecular weight excluding hydrogens is 202 g/mol. The number of hydrogen-bond acceptors (Lipinski definition) is 3. The lowest BCUT2D eigenvalue weighted by Crippen LogP contribution is -2.50. The number of anilines is 1. The maximum Gasteiger partial charge on any atom is 0.228 e. The van der Waals surface area contributed by atoms with E-state index in [-0.39, 0.29) is 11.4 Å². The Morgan fingerprint density at radius 2 is 2.12 bits per heavy atom. The molecule has 4 heteroatoms. The van der Waals surface area contributed by atoms with Crippen molar-refractivity contribution in [2.24, 2.45) is 5.73 Å². The van der Waals surface area contributed by atoms with Gasteiger partial charge >= 0.3 is 0 Å². The molecule has 0 saturated heterocycles. The zero-order chi connectivity index (χ0) is 11.6. The fourth-order valence-corrected chi connectivity index (χ4v) is 1.94. The predicted octanol–water partition coefficient (Wildman–Crippen LogP) is 1.32. The minimum absolute atomic E-state index is 0.0772. The number of amides is 1. The van der Waals surface area contributed by atoms with Crippen molar-refractivity contribution in [2.45, 2.75) is 31.2 Å². The minimum Gasteiger partial charge on any atom is -0.325 e. The predicted molar refractivity (Wildman–Crippen MR) is 63.0 cm³/mol. The summed E-state index contributed by atoms with van der Waals surface area (Å²) in [5.41, 5.74) is 6.67. The van der Waals surface area contributed by atoms with Gasteiger partial charge in [-0.3, -0.25) is 9.78 Å². The van der Waals surface area contributed by atoms with E-state index in [2.05, 4.69) is 4.98 Å². The van der Waals surface area contributed by atoms with Gasteiger partial charge in [0.2, 0.25) is 5.91 Å². The van der Waals surface area contributed by atoms with E-state index in [1.54, 1.807) is 24.3 Å². The first-order valence-corrected chi connectivity index (χ1v) is 5.56. The van der Waals surface area contributed by atoms with Crippen molar-refractivity contribution in [1.29, 1.82) is 0 Å². The molecule has 0 bridgehead atoms. The molecule has 16 heavy (non-hydrogen) atoms. The zero-order valence-corrected chi connectivity index (χ0v) is 9.52. The standard InChI is InChI=1S/C12H17N3O/c1-15(10-3-7-14-8-4-10)11(16)9-12(13)5-2-6-12/h3-4,7-8H,2,5-6,9,13H2,1H3. The van der Waals surface area contributed by atoms with Gasteiger partial charge in [0.1, 0.15) is 0 Å². The first-order chi connectivity index (χ1) is 7.61. The Labute approximate surface area is 95.5 Å². The molecule has 1 heterocycles. The van der Waals surface area contributed by atoms with E-state index in [0.717, 1.165) is 24.9 Å². The summed E-state index contributed by atoms with van der Waals surface area (Å²) in [5.74, 6) is 0.0772. The second-order valence-corrected chi connectivity index (χ2v) is 4.55. The van der Waals surface area contributed by atoms with Crippen LogP contribution in [0.2, 0.25) is 0 Å². The molecule has 1 aliphatic carbocycles. The maximum absolute atomic E-state index is 12.0. The Morgan fingerprint density at radius 1 is 1.50 bits per heavy atom. The summed E-state index contributed by atoms with van der Waals surface area (Å²) in [5, 5.41) is 0. The molecule has 2 rings (SSSR count). The van der Waals surface area contributed by atoms with Crippen LogP contribution in [-0.2, 0) is 4.79 Å². The molecule has 0 spiro atoms. The molecule has 0 unspecified atom stereocenters. The van der Waals surface area contributed by atoms with E-state index in [9.17, 15) is 4.79 Å². The number of nitrogens with zero attached hydrogens (tertiary/aromatic N) is 2. The van der Waals surface area contributed by atoms with E-state index in [1.807, 2.05) is 12.1 Å². The Hall–Kier alpha value is -1.42. The Balaban J connectivity index is 1.99. The van der Waals surface area contributed by atoms with Gasteiger partial charge in [-0.2, -0.15) is 0 Å². The van der Waals surface area contributed by atoms with Crippen LogP contribution in [0.25, 0.3) is 0 Å². The Morgan fingerprint density at radius 3 is 2.62 bits per heavy atom. The van der Waals surface area contributed by atoms with Gasteiger partial charge in [-0.1, -0.05) is 0 Å². The molecule has 2 N–H and O–H groups in total. The van der Waals surface area contributed by atoms with Crippen LogP contribution in [0, 0.1) is 0 Å². The molecule has 1 fully saturated rings. The third-order valence-corrected chi connectivity index (χ3v) is 3.28. The fourth-order valence-electron chi connectivity index (χ4n) is 1.94. The van der Waals surface area contributed by atoms with Crippen molar-refractivity contribution < 1.29 is 4.79 Å². The van der Waals surface area contributed by atoms with Crippen LogP contribution in [0.3, 0.4) is 0 Å². The van der Waals surface area contributed by atoms with E-state index in [1.165, 1.54) is 0 Å². The van der Waals surface area contributed by atoms with Gasteiger partial charge in [0, 0.05) is 37.1 Å². The van der Waals surface area contributed by atoms with Gasteiger partial charge < -0.3 is 10.6 Å². The Kier molecular flexibility index (Phi) is 2.92. The third kappa shape index (κ3) is 2.22. The van der Waals surface area contributed by atoms with Crippen molar-refractivity contribution in [2.75, 3.05) is 11.9 Å². The summed E-state index contributed by atoms with van der Waals surface area (Å²) in [6.45, 7) is 0.